The monoisotopic (exact) mass is 766 g/mol. The van der Waals surface area contributed by atoms with Gasteiger partial charge in [0.05, 0.1) is 10.7 Å². The Hall–Kier alpha value is -1.14. The summed E-state index contributed by atoms with van der Waals surface area (Å²) in [5, 5.41) is 2.28. The first-order valence-electron chi connectivity index (χ1n) is 19.1. The standard InChI is InChI=1S/C40H70N4.2BrH/c1-3-5-7-9-11-15-19-23-31-41-39-27-35-43(36-28-39)33-25-21-17-13-14-18-22-26-34-44-37-29-40(30-38-44)42-32-24-20-16-12-10-8-6-4-2;;/h27-30,35-38H,3-26,31-34H2,1-2H3;2*1H. The second-order valence-electron chi connectivity index (χ2n) is 13.1. The van der Waals surface area contributed by atoms with Gasteiger partial charge < -0.3 is 9.13 Å². The summed E-state index contributed by atoms with van der Waals surface area (Å²) in [6.07, 6.45) is 41.4. The third-order valence-corrected chi connectivity index (χ3v) is 8.94. The quantitative estimate of drug-likeness (QED) is 0.0739. The van der Waals surface area contributed by atoms with Gasteiger partial charge in [-0.2, -0.15) is 0 Å². The fourth-order valence-electron chi connectivity index (χ4n) is 5.96. The highest BCUT2D eigenvalue weighted by Crippen LogP contribution is 2.11. The van der Waals surface area contributed by atoms with Gasteiger partial charge >= 0.3 is 0 Å². The maximum Gasteiger partial charge on any atom is 0.0603 e. The number of hydrogen-bond donors (Lipinski definition) is 0. The minimum absolute atomic E-state index is 0. The number of nitrogens with zero attached hydrogens (tertiary/aromatic N) is 4. The lowest BCUT2D eigenvalue weighted by atomic mass is 10.1. The molecule has 2 aromatic rings. The zero-order valence-corrected chi connectivity index (χ0v) is 33.4. The van der Waals surface area contributed by atoms with Crippen LogP contribution in [0.15, 0.2) is 59.0 Å². The van der Waals surface area contributed by atoms with E-state index in [0.717, 1.165) is 36.9 Å². The minimum Gasteiger partial charge on any atom is -0.354 e. The van der Waals surface area contributed by atoms with E-state index in [1.807, 2.05) is 0 Å². The number of unbranched alkanes of at least 4 members (excludes halogenated alkanes) is 21. The molecule has 0 aliphatic carbocycles. The Morgan fingerprint density at radius 2 is 0.630 bits per heavy atom. The van der Waals surface area contributed by atoms with E-state index in [0.29, 0.717) is 0 Å². The summed E-state index contributed by atoms with van der Waals surface area (Å²) >= 11 is 0. The van der Waals surface area contributed by atoms with Gasteiger partial charge in [0.1, 0.15) is 0 Å². The summed E-state index contributed by atoms with van der Waals surface area (Å²) in [6, 6.07) is 8.74. The molecule has 0 bridgehead atoms. The molecule has 2 aromatic heterocycles. The summed E-state index contributed by atoms with van der Waals surface area (Å²) in [6.45, 7) is 8.77. The van der Waals surface area contributed by atoms with Gasteiger partial charge in [-0.25, -0.2) is 0 Å². The van der Waals surface area contributed by atoms with Crippen LogP contribution in [-0.4, -0.2) is 22.2 Å². The number of hydrogen-bond acceptors (Lipinski definition) is 2. The molecular weight excluding hydrogens is 696 g/mol. The van der Waals surface area contributed by atoms with Crippen LogP contribution in [0.3, 0.4) is 0 Å². The normalized spacial score (nSPS) is 10.7. The van der Waals surface area contributed by atoms with E-state index in [9.17, 15) is 0 Å². The van der Waals surface area contributed by atoms with Crippen LogP contribution in [0, 0.1) is 0 Å². The van der Waals surface area contributed by atoms with E-state index < -0.39 is 0 Å². The Bertz CT molecular complexity index is 922. The van der Waals surface area contributed by atoms with E-state index in [1.165, 1.54) is 154 Å². The number of aryl methyl sites for hydroxylation is 2. The van der Waals surface area contributed by atoms with Gasteiger partial charge in [0.2, 0.25) is 0 Å². The Balaban J connectivity index is 0.0000101. The van der Waals surface area contributed by atoms with Gasteiger partial charge in [-0.05, 0) is 49.9 Å². The maximum absolute atomic E-state index is 4.77. The first-order valence-corrected chi connectivity index (χ1v) is 19.1. The largest absolute Gasteiger partial charge is 0.354 e. The van der Waals surface area contributed by atoms with Crippen molar-refractivity contribution in [2.45, 2.75) is 181 Å². The van der Waals surface area contributed by atoms with Crippen molar-refractivity contribution in [1.82, 2.24) is 9.13 Å². The Labute approximate surface area is 305 Å². The molecule has 0 atom stereocenters. The predicted octanol–water partition coefficient (Wildman–Crippen LogP) is 12.3. The highest BCUT2D eigenvalue weighted by Gasteiger charge is 1.96. The first-order chi connectivity index (χ1) is 21.8. The molecule has 0 aromatic carbocycles. The second kappa shape index (κ2) is 33.7. The van der Waals surface area contributed by atoms with Gasteiger partial charge in [-0.1, -0.05) is 142 Å². The van der Waals surface area contributed by atoms with Crippen molar-refractivity contribution < 1.29 is 0 Å². The van der Waals surface area contributed by atoms with E-state index in [4.69, 9.17) is 9.98 Å². The fourth-order valence-corrected chi connectivity index (χ4v) is 5.96. The molecule has 0 amide bonds. The van der Waals surface area contributed by atoms with Crippen molar-refractivity contribution in [2.24, 2.45) is 9.98 Å². The van der Waals surface area contributed by atoms with E-state index in [2.05, 4.69) is 72.0 Å². The fraction of sp³-hybridized carbons (Fsp3) is 0.750. The SMILES string of the molecule is Br.Br.CCCCCCCCCCN=c1ccn(CCCCCCCCCCn2ccc(=NCCCCCCCCCC)cc2)cc1. The lowest BCUT2D eigenvalue weighted by molar-refractivity contribution is 0.524. The minimum atomic E-state index is 0. The predicted molar refractivity (Wildman–Crippen MR) is 213 cm³/mol. The third kappa shape index (κ3) is 25.9. The van der Waals surface area contributed by atoms with Gasteiger partial charge in [0, 0.05) is 51.0 Å². The average Bonchev–Trinajstić information content (AvgIpc) is 3.05. The molecular formula is C40H72Br2N4. The highest BCUT2D eigenvalue weighted by atomic mass is 79.9. The van der Waals surface area contributed by atoms with Crippen LogP contribution in [-0.2, 0) is 13.1 Å². The Morgan fingerprint density at radius 3 is 0.935 bits per heavy atom. The summed E-state index contributed by atoms with van der Waals surface area (Å²) in [7, 11) is 0. The van der Waals surface area contributed by atoms with Crippen LogP contribution >= 0.6 is 34.0 Å². The molecule has 0 aliphatic rings. The van der Waals surface area contributed by atoms with Crippen molar-refractivity contribution in [3.05, 3.63) is 59.8 Å². The molecule has 6 heteroatoms. The first kappa shape index (κ1) is 44.9. The summed E-state index contributed by atoms with van der Waals surface area (Å²) in [5.41, 5.74) is 0. The molecule has 0 saturated heterocycles. The molecule has 2 rings (SSSR count). The molecule has 0 unspecified atom stereocenters. The summed E-state index contributed by atoms with van der Waals surface area (Å²) in [5.74, 6) is 0. The highest BCUT2D eigenvalue weighted by molar-refractivity contribution is 8.93. The van der Waals surface area contributed by atoms with Crippen molar-refractivity contribution in [3.63, 3.8) is 0 Å². The van der Waals surface area contributed by atoms with Gasteiger partial charge in [0.25, 0.3) is 0 Å². The summed E-state index contributed by atoms with van der Waals surface area (Å²) < 4.78 is 4.65. The summed E-state index contributed by atoms with van der Waals surface area (Å²) in [4.78, 5) is 9.55. The van der Waals surface area contributed by atoms with E-state index >= 15 is 0 Å². The molecule has 0 spiro atoms. The zero-order valence-electron chi connectivity index (χ0n) is 30.0. The molecule has 0 fully saturated rings. The van der Waals surface area contributed by atoms with Gasteiger partial charge in [-0.15, -0.1) is 34.0 Å². The lowest BCUT2D eigenvalue weighted by Gasteiger charge is -2.07. The van der Waals surface area contributed by atoms with Crippen molar-refractivity contribution in [1.29, 1.82) is 0 Å². The zero-order chi connectivity index (χ0) is 31.2. The van der Waals surface area contributed by atoms with Crippen molar-refractivity contribution in [3.8, 4) is 0 Å². The van der Waals surface area contributed by atoms with Crippen LogP contribution < -0.4 is 10.7 Å². The molecule has 266 valence electrons. The smallest absolute Gasteiger partial charge is 0.0603 e. The molecule has 4 nitrogen and oxygen atoms in total. The molecule has 0 N–H and O–H groups in total. The van der Waals surface area contributed by atoms with Gasteiger partial charge in [0.15, 0.2) is 0 Å². The molecule has 0 saturated carbocycles. The molecule has 0 aliphatic heterocycles. The third-order valence-electron chi connectivity index (χ3n) is 8.94. The van der Waals surface area contributed by atoms with Crippen molar-refractivity contribution in [2.75, 3.05) is 13.1 Å². The topological polar surface area (TPSA) is 34.6 Å². The number of aromatic nitrogens is 2. The van der Waals surface area contributed by atoms with Crippen LogP contribution in [0.5, 0.6) is 0 Å². The van der Waals surface area contributed by atoms with Crippen molar-refractivity contribution >= 4 is 34.0 Å². The van der Waals surface area contributed by atoms with Crippen LogP contribution in [0.1, 0.15) is 168 Å². The lowest BCUT2D eigenvalue weighted by Crippen LogP contribution is -2.06. The Kier molecular flexibility index (Phi) is 32.9. The maximum atomic E-state index is 4.77. The van der Waals surface area contributed by atoms with E-state index in [1.54, 1.807) is 0 Å². The number of halogens is 2. The van der Waals surface area contributed by atoms with Crippen LogP contribution in [0.4, 0.5) is 0 Å². The average molecular weight is 769 g/mol. The Morgan fingerprint density at radius 1 is 0.370 bits per heavy atom. The second-order valence-corrected chi connectivity index (χ2v) is 13.1. The number of rotatable bonds is 29. The molecule has 0 radical (unpaired) electrons. The van der Waals surface area contributed by atoms with Gasteiger partial charge in [-0.3, -0.25) is 9.98 Å². The van der Waals surface area contributed by atoms with E-state index in [-0.39, 0.29) is 34.0 Å². The number of pyridine rings is 2. The van der Waals surface area contributed by atoms with Crippen LogP contribution in [0.25, 0.3) is 0 Å². The molecule has 46 heavy (non-hydrogen) atoms. The molecule has 2 heterocycles. The van der Waals surface area contributed by atoms with Crippen LogP contribution in [0.2, 0.25) is 0 Å².